The Bertz CT molecular complexity index is 743. The summed E-state index contributed by atoms with van der Waals surface area (Å²) in [4.78, 5) is 19.0. The molecule has 0 saturated carbocycles. The highest BCUT2D eigenvalue weighted by Gasteiger charge is 2.18. The Kier molecular flexibility index (Phi) is 4.48. The van der Waals surface area contributed by atoms with Gasteiger partial charge in [-0.25, -0.2) is 4.98 Å². The molecule has 1 unspecified atom stereocenters. The fraction of sp³-hybridized carbons (Fsp3) is 0.111. The van der Waals surface area contributed by atoms with E-state index in [1.54, 1.807) is 6.92 Å². The van der Waals surface area contributed by atoms with Gasteiger partial charge in [0.05, 0.1) is 11.4 Å². The van der Waals surface area contributed by atoms with Crippen molar-refractivity contribution in [3.8, 4) is 22.5 Å². The zero-order chi connectivity index (χ0) is 16.2. The van der Waals surface area contributed by atoms with E-state index in [0.29, 0.717) is 5.16 Å². The molecule has 2 aromatic carbocycles. The molecule has 1 heterocycles. The van der Waals surface area contributed by atoms with Crippen molar-refractivity contribution in [2.24, 2.45) is 0 Å². The summed E-state index contributed by atoms with van der Waals surface area (Å²) in [7, 11) is 0. The van der Waals surface area contributed by atoms with Gasteiger partial charge in [-0.15, -0.1) is 0 Å². The number of nitrogens with zero attached hydrogens (tertiary/aromatic N) is 1. The molecule has 0 aliphatic carbocycles. The maximum Gasteiger partial charge on any atom is 0.316 e. The summed E-state index contributed by atoms with van der Waals surface area (Å²) in [5.74, 6) is -0.853. The molecule has 0 bridgehead atoms. The third-order valence-corrected chi connectivity index (χ3v) is 4.40. The number of H-pyrrole nitrogens is 1. The molecule has 0 amide bonds. The summed E-state index contributed by atoms with van der Waals surface area (Å²) in [5, 5.41) is 9.14. The first-order valence-corrected chi connectivity index (χ1v) is 8.13. The molecule has 0 aliphatic rings. The van der Waals surface area contributed by atoms with Gasteiger partial charge in [-0.3, -0.25) is 4.79 Å². The van der Waals surface area contributed by atoms with Gasteiger partial charge in [0.25, 0.3) is 0 Å². The summed E-state index contributed by atoms with van der Waals surface area (Å²) < 4.78 is 0. The van der Waals surface area contributed by atoms with Crippen LogP contribution in [0.25, 0.3) is 22.5 Å². The van der Waals surface area contributed by atoms with Crippen LogP contribution in [0.2, 0.25) is 0 Å². The lowest BCUT2D eigenvalue weighted by Gasteiger charge is -2.02. The SMILES string of the molecule is CC(Sc1nc(-c2ccccc2)c(-c2ccccc2)[nH]1)C(=O)O. The first-order chi connectivity index (χ1) is 11.1. The quantitative estimate of drug-likeness (QED) is 0.686. The van der Waals surface area contributed by atoms with Gasteiger partial charge in [-0.2, -0.15) is 0 Å². The molecule has 3 aromatic rings. The van der Waals surface area contributed by atoms with Gasteiger partial charge in [0.15, 0.2) is 5.16 Å². The molecule has 0 radical (unpaired) electrons. The van der Waals surface area contributed by atoms with E-state index in [9.17, 15) is 4.79 Å². The fourth-order valence-electron chi connectivity index (χ4n) is 2.24. The molecule has 0 saturated heterocycles. The van der Waals surface area contributed by atoms with E-state index in [1.807, 2.05) is 60.7 Å². The number of rotatable bonds is 5. The summed E-state index contributed by atoms with van der Waals surface area (Å²) in [6, 6.07) is 19.8. The van der Waals surface area contributed by atoms with Crippen molar-refractivity contribution in [2.45, 2.75) is 17.3 Å². The summed E-state index contributed by atoms with van der Waals surface area (Å²) in [5.41, 5.74) is 3.75. The maximum atomic E-state index is 11.1. The van der Waals surface area contributed by atoms with E-state index in [-0.39, 0.29) is 0 Å². The number of imidazole rings is 1. The molecule has 4 nitrogen and oxygen atoms in total. The Morgan fingerprint density at radius 3 is 2.17 bits per heavy atom. The predicted molar refractivity (Wildman–Crippen MR) is 92.4 cm³/mol. The van der Waals surface area contributed by atoms with Crippen LogP contribution in [0.4, 0.5) is 0 Å². The highest BCUT2D eigenvalue weighted by Crippen LogP contribution is 2.33. The average Bonchev–Trinajstić information content (AvgIpc) is 3.00. The van der Waals surface area contributed by atoms with Crippen molar-refractivity contribution in [3.05, 3.63) is 60.7 Å². The van der Waals surface area contributed by atoms with Gasteiger partial charge >= 0.3 is 5.97 Å². The molecular weight excluding hydrogens is 308 g/mol. The highest BCUT2D eigenvalue weighted by atomic mass is 32.2. The predicted octanol–water partition coefficient (Wildman–Crippen LogP) is 4.31. The number of carboxylic acid groups (broad SMARTS) is 1. The third-order valence-electron chi connectivity index (χ3n) is 3.43. The van der Waals surface area contributed by atoms with Gasteiger partial charge in [-0.1, -0.05) is 72.4 Å². The van der Waals surface area contributed by atoms with E-state index in [1.165, 1.54) is 11.8 Å². The number of benzene rings is 2. The Labute approximate surface area is 138 Å². The smallest absolute Gasteiger partial charge is 0.316 e. The molecule has 0 fully saturated rings. The molecule has 1 aromatic heterocycles. The summed E-state index contributed by atoms with van der Waals surface area (Å²) >= 11 is 1.21. The molecule has 5 heteroatoms. The maximum absolute atomic E-state index is 11.1. The lowest BCUT2D eigenvalue weighted by Crippen LogP contribution is -2.11. The zero-order valence-electron chi connectivity index (χ0n) is 12.6. The molecule has 2 N–H and O–H groups in total. The normalized spacial score (nSPS) is 12.0. The van der Waals surface area contributed by atoms with E-state index in [0.717, 1.165) is 22.5 Å². The van der Waals surface area contributed by atoms with Crippen LogP contribution in [-0.4, -0.2) is 26.3 Å². The fourth-order valence-corrected chi connectivity index (χ4v) is 2.98. The minimum atomic E-state index is -0.853. The van der Waals surface area contributed by atoms with Gasteiger partial charge in [0, 0.05) is 11.1 Å². The molecule has 0 aliphatic heterocycles. The van der Waals surface area contributed by atoms with Gasteiger partial charge in [-0.05, 0) is 6.92 Å². The minimum Gasteiger partial charge on any atom is -0.480 e. The van der Waals surface area contributed by atoms with Crippen LogP contribution in [0.3, 0.4) is 0 Å². The average molecular weight is 324 g/mol. The van der Waals surface area contributed by atoms with Crippen LogP contribution in [-0.2, 0) is 4.79 Å². The Morgan fingerprint density at radius 1 is 1.04 bits per heavy atom. The second kappa shape index (κ2) is 6.71. The first kappa shape index (κ1) is 15.4. The van der Waals surface area contributed by atoms with Crippen LogP contribution >= 0.6 is 11.8 Å². The third kappa shape index (κ3) is 3.46. The number of aliphatic carboxylic acids is 1. The summed E-state index contributed by atoms with van der Waals surface area (Å²) in [6.45, 7) is 1.65. The number of aromatic nitrogens is 2. The Balaban J connectivity index is 2.06. The topological polar surface area (TPSA) is 66.0 Å². The summed E-state index contributed by atoms with van der Waals surface area (Å²) in [6.07, 6.45) is 0. The van der Waals surface area contributed by atoms with Crippen molar-refractivity contribution < 1.29 is 9.90 Å². The minimum absolute atomic E-state index is 0.562. The molecule has 116 valence electrons. The number of nitrogens with one attached hydrogen (secondary N) is 1. The number of carboxylic acids is 1. The van der Waals surface area contributed by atoms with Gasteiger partial charge in [0.2, 0.25) is 0 Å². The van der Waals surface area contributed by atoms with E-state index < -0.39 is 11.2 Å². The van der Waals surface area contributed by atoms with Crippen LogP contribution in [0.1, 0.15) is 6.92 Å². The number of hydrogen-bond donors (Lipinski definition) is 2. The standard InChI is InChI=1S/C18H16N2O2S/c1-12(17(21)22)23-18-19-15(13-8-4-2-5-9-13)16(20-18)14-10-6-3-7-11-14/h2-12H,1H3,(H,19,20)(H,21,22). The van der Waals surface area contributed by atoms with Crippen molar-refractivity contribution in [1.82, 2.24) is 9.97 Å². The first-order valence-electron chi connectivity index (χ1n) is 7.25. The van der Waals surface area contributed by atoms with E-state index >= 15 is 0 Å². The molecular formula is C18H16N2O2S. The highest BCUT2D eigenvalue weighted by molar-refractivity contribution is 8.00. The van der Waals surface area contributed by atoms with Gasteiger partial charge in [0.1, 0.15) is 5.25 Å². The number of aromatic amines is 1. The van der Waals surface area contributed by atoms with E-state index in [4.69, 9.17) is 5.11 Å². The second-order valence-corrected chi connectivity index (χ2v) is 6.43. The van der Waals surface area contributed by atoms with Crippen molar-refractivity contribution in [1.29, 1.82) is 0 Å². The van der Waals surface area contributed by atoms with Crippen molar-refractivity contribution in [2.75, 3.05) is 0 Å². The molecule has 0 spiro atoms. The van der Waals surface area contributed by atoms with Crippen molar-refractivity contribution >= 4 is 17.7 Å². The van der Waals surface area contributed by atoms with Gasteiger partial charge < -0.3 is 10.1 Å². The number of carbonyl (C=O) groups is 1. The Hall–Kier alpha value is -2.53. The number of hydrogen-bond acceptors (Lipinski definition) is 3. The Morgan fingerprint density at radius 2 is 1.61 bits per heavy atom. The van der Waals surface area contributed by atoms with Crippen LogP contribution in [0, 0.1) is 0 Å². The zero-order valence-corrected chi connectivity index (χ0v) is 13.4. The van der Waals surface area contributed by atoms with Crippen molar-refractivity contribution in [3.63, 3.8) is 0 Å². The van der Waals surface area contributed by atoms with Crippen LogP contribution in [0.5, 0.6) is 0 Å². The monoisotopic (exact) mass is 324 g/mol. The van der Waals surface area contributed by atoms with Crippen LogP contribution in [0.15, 0.2) is 65.8 Å². The molecule has 3 rings (SSSR count). The molecule has 1 atom stereocenters. The van der Waals surface area contributed by atoms with Crippen LogP contribution < -0.4 is 0 Å². The number of thioether (sulfide) groups is 1. The lowest BCUT2D eigenvalue weighted by atomic mass is 10.1. The van der Waals surface area contributed by atoms with E-state index in [2.05, 4.69) is 9.97 Å². The molecule has 23 heavy (non-hydrogen) atoms. The lowest BCUT2D eigenvalue weighted by molar-refractivity contribution is -0.136. The second-order valence-electron chi connectivity index (χ2n) is 5.10. The largest absolute Gasteiger partial charge is 0.480 e.